The molecule has 0 fully saturated rings. The number of ether oxygens (including phenoxy) is 1. The summed E-state index contributed by atoms with van der Waals surface area (Å²) in [6, 6.07) is 14.0. The maximum atomic E-state index is 14.3. The van der Waals surface area contributed by atoms with Gasteiger partial charge in [-0.15, -0.1) is 0 Å². The Hall–Kier alpha value is -3.21. The summed E-state index contributed by atoms with van der Waals surface area (Å²) in [7, 11) is -2.46. The van der Waals surface area contributed by atoms with Crippen LogP contribution in [0.15, 0.2) is 71.8 Å². The van der Waals surface area contributed by atoms with E-state index < -0.39 is 22.5 Å². The third kappa shape index (κ3) is 4.84. The quantitative estimate of drug-likeness (QED) is 0.317. The van der Waals surface area contributed by atoms with Crippen LogP contribution in [0.3, 0.4) is 0 Å². The number of anilines is 2. The van der Waals surface area contributed by atoms with E-state index in [9.17, 15) is 21.6 Å². The Morgan fingerprint density at radius 1 is 1.09 bits per heavy atom. The summed E-state index contributed by atoms with van der Waals surface area (Å²) in [5, 5.41) is 6.81. The minimum atomic E-state index is -4.18. The number of aromatic nitrogens is 1. The zero-order valence-corrected chi connectivity index (χ0v) is 19.3. The summed E-state index contributed by atoms with van der Waals surface area (Å²) in [4.78, 5) is -0.222. The van der Waals surface area contributed by atoms with Crippen molar-refractivity contribution in [2.24, 2.45) is 0 Å². The Kier molecular flexibility index (Phi) is 6.74. The van der Waals surface area contributed by atoms with Crippen LogP contribution in [0.25, 0.3) is 10.9 Å². The largest absolute Gasteiger partial charge is 0.435 e. The summed E-state index contributed by atoms with van der Waals surface area (Å²) >= 11 is 5.80. The van der Waals surface area contributed by atoms with E-state index in [1.165, 1.54) is 36.5 Å². The van der Waals surface area contributed by atoms with Crippen molar-refractivity contribution in [3.63, 3.8) is 0 Å². The second kappa shape index (κ2) is 9.57. The van der Waals surface area contributed by atoms with Gasteiger partial charge in [0.15, 0.2) is 0 Å². The lowest BCUT2D eigenvalue weighted by atomic mass is 10.1. The average Bonchev–Trinajstić information content (AvgIpc) is 3.14. The molecule has 11 heteroatoms. The Labute approximate surface area is 199 Å². The van der Waals surface area contributed by atoms with Crippen LogP contribution in [0, 0.1) is 5.82 Å². The van der Waals surface area contributed by atoms with Gasteiger partial charge in [0, 0.05) is 34.9 Å². The van der Waals surface area contributed by atoms with E-state index in [0.29, 0.717) is 28.7 Å². The van der Waals surface area contributed by atoms with Crippen LogP contribution in [-0.4, -0.2) is 26.0 Å². The van der Waals surface area contributed by atoms with Gasteiger partial charge in [0.05, 0.1) is 16.1 Å². The highest BCUT2D eigenvalue weighted by Crippen LogP contribution is 2.31. The van der Waals surface area contributed by atoms with Gasteiger partial charge in [-0.1, -0.05) is 23.7 Å². The van der Waals surface area contributed by atoms with Gasteiger partial charge < -0.3 is 15.4 Å². The third-order valence-electron chi connectivity index (χ3n) is 5.02. The van der Waals surface area contributed by atoms with E-state index in [0.717, 1.165) is 16.1 Å². The molecule has 0 aliphatic carbocycles. The topological polar surface area (TPSA) is 72.4 Å². The average molecular weight is 510 g/mol. The molecule has 4 rings (SSSR count). The van der Waals surface area contributed by atoms with Gasteiger partial charge in [-0.3, -0.25) is 0 Å². The first kappa shape index (κ1) is 23.9. The molecule has 178 valence electrons. The lowest BCUT2D eigenvalue weighted by Crippen LogP contribution is -2.13. The molecule has 0 saturated carbocycles. The van der Waals surface area contributed by atoms with Gasteiger partial charge >= 0.3 is 6.61 Å². The SMILES string of the molecule is CNCc1cn(S(=O)(=O)c2cccc(OC(F)F)c2)c2cc(Nc3ccc(Cl)cc3F)ccc12. The van der Waals surface area contributed by atoms with Crippen molar-refractivity contribution in [2.45, 2.75) is 18.1 Å². The number of benzene rings is 3. The molecule has 6 nitrogen and oxygen atoms in total. The number of rotatable bonds is 8. The molecular weight excluding hydrogens is 491 g/mol. The fourth-order valence-corrected chi connectivity index (χ4v) is 5.12. The van der Waals surface area contributed by atoms with Crippen molar-refractivity contribution >= 4 is 43.9 Å². The van der Waals surface area contributed by atoms with Gasteiger partial charge in [0.25, 0.3) is 10.0 Å². The molecule has 3 aromatic carbocycles. The van der Waals surface area contributed by atoms with Gasteiger partial charge in [0.1, 0.15) is 11.6 Å². The highest BCUT2D eigenvalue weighted by Gasteiger charge is 2.22. The van der Waals surface area contributed by atoms with Crippen molar-refractivity contribution < 1.29 is 26.3 Å². The number of nitrogens with one attached hydrogen (secondary N) is 2. The molecule has 2 N–H and O–H groups in total. The number of halogens is 4. The van der Waals surface area contributed by atoms with E-state index in [2.05, 4.69) is 15.4 Å². The highest BCUT2D eigenvalue weighted by atomic mass is 35.5. The summed E-state index contributed by atoms with van der Waals surface area (Å²) in [6.07, 6.45) is 1.46. The van der Waals surface area contributed by atoms with Crippen molar-refractivity contribution in [1.29, 1.82) is 0 Å². The van der Waals surface area contributed by atoms with Gasteiger partial charge in [-0.05, 0) is 55.1 Å². The molecule has 0 spiro atoms. The number of alkyl halides is 2. The maximum absolute atomic E-state index is 14.3. The lowest BCUT2D eigenvalue weighted by molar-refractivity contribution is -0.0499. The van der Waals surface area contributed by atoms with Crippen molar-refractivity contribution in [2.75, 3.05) is 12.4 Å². The van der Waals surface area contributed by atoms with E-state index in [1.54, 1.807) is 25.2 Å². The van der Waals surface area contributed by atoms with Crippen molar-refractivity contribution in [3.05, 3.63) is 83.3 Å². The zero-order chi connectivity index (χ0) is 24.5. The molecule has 0 radical (unpaired) electrons. The lowest BCUT2D eigenvalue weighted by Gasteiger charge is -2.12. The maximum Gasteiger partial charge on any atom is 0.387 e. The minimum Gasteiger partial charge on any atom is -0.435 e. The molecule has 0 amide bonds. The first-order chi connectivity index (χ1) is 16.2. The van der Waals surface area contributed by atoms with Crippen molar-refractivity contribution in [1.82, 2.24) is 9.29 Å². The molecule has 1 heterocycles. The van der Waals surface area contributed by atoms with Crippen LogP contribution in [0.5, 0.6) is 5.75 Å². The predicted octanol–water partition coefficient (Wildman–Crippen LogP) is 5.74. The Balaban J connectivity index is 1.82. The number of nitrogens with zero attached hydrogens (tertiary/aromatic N) is 1. The molecule has 0 saturated heterocycles. The molecule has 0 aliphatic rings. The number of hydrogen-bond donors (Lipinski definition) is 2. The Morgan fingerprint density at radius 2 is 1.88 bits per heavy atom. The third-order valence-corrected chi connectivity index (χ3v) is 6.92. The monoisotopic (exact) mass is 509 g/mol. The Morgan fingerprint density at radius 3 is 2.59 bits per heavy atom. The standard InChI is InChI=1S/C23H19ClF3N3O3S/c1-28-12-14-13-30(34(31,32)18-4-2-3-17(11-18)33-23(26)27)22-10-16(6-7-19(14)22)29-21-8-5-15(24)9-20(21)25/h2-11,13,23,28-29H,12H2,1H3. The van der Waals surface area contributed by atoms with Crippen LogP contribution < -0.4 is 15.4 Å². The Bertz CT molecular complexity index is 1460. The molecule has 0 bridgehead atoms. The van der Waals surface area contributed by atoms with Gasteiger partial charge in [0.2, 0.25) is 0 Å². The van der Waals surface area contributed by atoms with Crippen LogP contribution >= 0.6 is 11.6 Å². The molecule has 34 heavy (non-hydrogen) atoms. The van der Waals surface area contributed by atoms with Crippen LogP contribution in [0.2, 0.25) is 5.02 Å². The van der Waals surface area contributed by atoms with Crippen LogP contribution in [0.1, 0.15) is 5.56 Å². The minimum absolute atomic E-state index is 0.164. The summed E-state index contributed by atoms with van der Waals surface area (Å²) in [5.41, 5.74) is 1.63. The fraction of sp³-hybridized carbons (Fsp3) is 0.130. The zero-order valence-electron chi connectivity index (χ0n) is 17.7. The second-order valence-electron chi connectivity index (χ2n) is 7.32. The first-order valence-corrected chi connectivity index (χ1v) is 11.8. The first-order valence-electron chi connectivity index (χ1n) is 10.00. The fourth-order valence-electron chi connectivity index (χ4n) is 3.54. The molecule has 0 aliphatic heterocycles. The van der Waals surface area contributed by atoms with E-state index >= 15 is 0 Å². The summed E-state index contributed by atoms with van der Waals surface area (Å²) in [6.45, 7) is -2.71. The van der Waals surface area contributed by atoms with E-state index in [-0.39, 0.29) is 21.4 Å². The molecular formula is C23H19ClF3N3O3S. The normalized spacial score (nSPS) is 11.8. The molecule has 4 aromatic rings. The summed E-state index contributed by atoms with van der Waals surface area (Å²) in [5.74, 6) is -0.842. The number of hydrogen-bond acceptors (Lipinski definition) is 5. The second-order valence-corrected chi connectivity index (χ2v) is 9.57. The number of fused-ring (bicyclic) bond motifs is 1. The summed E-state index contributed by atoms with van der Waals surface area (Å²) < 4.78 is 71.8. The van der Waals surface area contributed by atoms with Crippen LogP contribution in [-0.2, 0) is 16.6 Å². The van der Waals surface area contributed by atoms with Gasteiger partial charge in [-0.2, -0.15) is 8.78 Å². The molecule has 0 atom stereocenters. The van der Waals surface area contributed by atoms with Gasteiger partial charge in [-0.25, -0.2) is 16.8 Å². The highest BCUT2D eigenvalue weighted by molar-refractivity contribution is 7.90. The smallest absolute Gasteiger partial charge is 0.387 e. The molecule has 1 aromatic heterocycles. The van der Waals surface area contributed by atoms with E-state index in [1.807, 2.05) is 0 Å². The van der Waals surface area contributed by atoms with Crippen LogP contribution in [0.4, 0.5) is 24.5 Å². The van der Waals surface area contributed by atoms with E-state index in [4.69, 9.17) is 11.6 Å². The molecule has 0 unspecified atom stereocenters. The van der Waals surface area contributed by atoms with Crippen molar-refractivity contribution in [3.8, 4) is 5.75 Å². The predicted molar refractivity (Wildman–Crippen MR) is 125 cm³/mol.